The van der Waals surface area contributed by atoms with Crippen LogP contribution in [0.5, 0.6) is 0 Å². The van der Waals surface area contributed by atoms with Gasteiger partial charge in [-0.1, -0.05) is 72.6 Å². The fourth-order valence-electron chi connectivity index (χ4n) is 4.23. The van der Waals surface area contributed by atoms with Gasteiger partial charge in [0.1, 0.15) is 12.6 Å². The van der Waals surface area contributed by atoms with E-state index in [9.17, 15) is 31.2 Å². The van der Waals surface area contributed by atoms with Crippen molar-refractivity contribution in [3.8, 4) is 0 Å². The number of rotatable bonds is 12. The van der Waals surface area contributed by atoms with E-state index in [-0.39, 0.29) is 18.0 Å². The van der Waals surface area contributed by atoms with Crippen molar-refractivity contribution in [2.24, 2.45) is 0 Å². The van der Waals surface area contributed by atoms with Gasteiger partial charge in [0.15, 0.2) is 0 Å². The molecule has 0 aliphatic heterocycles. The molecule has 226 valence electrons. The van der Waals surface area contributed by atoms with Gasteiger partial charge in [-0.05, 0) is 47.9 Å². The van der Waals surface area contributed by atoms with Crippen LogP contribution >= 0.6 is 23.2 Å². The summed E-state index contributed by atoms with van der Waals surface area (Å²) in [6, 6.07) is 16.6. The van der Waals surface area contributed by atoms with E-state index in [4.69, 9.17) is 23.2 Å². The summed E-state index contributed by atoms with van der Waals surface area (Å²) in [6.45, 7) is 1.15. The predicted molar refractivity (Wildman–Crippen MR) is 158 cm³/mol. The Bertz CT molecular complexity index is 1510. The zero-order valence-electron chi connectivity index (χ0n) is 22.9. The van der Waals surface area contributed by atoms with E-state index in [1.807, 2.05) is 6.92 Å². The minimum Gasteiger partial charge on any atom is -0.354 e. The van der Waals surface area contributed by atoms with Gasteiger partial charge in [-0.25, -0.2) is 8.42 Å². The number of anilines is 1. The second-order valence-electron chi connectivity index (χ2n) is 9.58. The Morgan fingerprint density at radius 2 is 1.62 bits per heavy atom. The Kier molecular flexibility index (Phi) is 11.3. The molecule has 0 bridgehead atoms. The number of benzene rings is 3. The maximum Gasteiger partial charge on any atom is 0.416 e. The first-order valence-electron chi connectivity index (χ1n) is 12.9. The number of hydrogen-bond acceptors (Lipinski definition) is 4. The largest absolute Gasteiger partial charge is 0.416 e. The molecule has 0 heterocycles. The molecule has 3 aromatic rings. The van der Waals surface area contributed by atoms with Crippen LogP contribution in [0, 0.1) is 0 Å². The molecule has 0 spiro atoms. The summed E-state index contributed by atoms with van der Waals surface area (Å²) < 4.78 is 66.7. The van der Waals surface area contributed by atoms with E-state index in [0.29, 0.717) is 40.0 Å². The number of hydrogen-bond donors (Lipinski definition) is 1. The highest BCUT2D eigenvalue weighted by Crippen LogP contribution is 2.36. The number of sulfonamides is 1. The van der Waals surface area contributed by atoms with Crippen molar-refractivity contribution >= 4 is 50.7 Å². The predicted octanol–water partition coefficient (Wildman–Crippen LogP) is 5.94. The average Bonchev–Trinajstić information content (AvgIpc) is 2.92. The molecule has 0 aromatic heterocycles. The number of nitrogens with zero attached hydrogens (tertiary/aromatic N) is 2. The van der Waals surface area contributed by atoms with Gasteiger partial charge in [-0.2, -0.15) is 13.2 Å². The highest BCUT2D eigenvalue weighted by Gasteiger charge is 2.35. The van der Waals surface area contributed by atoms with E-state index in [1.54, 1.807) is 54.6 Å². The molecule has 0 aliphatic carbocycles. The van der Waals surface area contributed by atoms with Crippen LogP contribution in [-0.4, -0.2) is 50.5 Å². The van der Waals surface area contributed by atoms with Gasteiger partial charge in [0, 0.05) is 24.5 Å². The molecule has 0 fully saturated rings. The monoisotopic (exact) mass is 643 g/mol. The van der Waals surface area contributed by atoms with Crippen molar-refractivity contribution < 1.29 is 31.2 Å². The number of carbonyl (C=O) groups excluding carboxylic acids is 2. The van der Waals surface area contributed by atoms with E-state index in [1.165, 1.54) is 4.90 Å². The number of nitrogens with one attached hydrogen (secondary N) is 1. The second-order valence-corrected chi connectivity index (χ2v) is 12.3. The summed E-state index contributed by atoms with van der Waals surface area (Å²) >= 11 is 12.3. The van der Waals surface area contributed by atoms with Crippen LogP contribution in [0.4, 0.5) is 18.9 Å². The van der Waals surface area contributed by atoms with Crippen LogP contribution in [-0.2, 0) is 38.8 Å². The lowest BCUT2D eigenvalue weighted by Gasteiger charge is -2.33. The van der Waals surface area contributed by atoms with E-state index >= 15 is 0 Å². The van der Waals surface area contributed by atoms with E-state index in [0.717, 1.165) is 17.9 Å². The maximum absolute atomic E-state index is 14.0. The van der Waals surface area contributed by atoms with Crippen molar-refractivity contribution in [3.63, 3.8) is 0 Å². The number of carbonyl (C=O) groups is 2. The number of amides is 2. The summed E-state index contributed by atoms with van der Waals surface area (Å²) in [7, 11) is -4.32. The molecule has 0 radical (unpaired) electrons. The number of alkyl halides is 3. The van der Waals surface area contributed by atoms with Gasteiger partial charge >= 0.3 is 6.18 Å². The van der Waals surface area contributed by atoms with Gasteiger partial charge in [0.2, 0.25) is 21.8 Å². The van der Waals surface area contributed by atoms with Crippen molar-refractivity contribution in [1.29, 1.82) is 0 Å². The van der Waals surface area contributed by atoms with Crippen molar-refractivity contribution in [2.45, 2.75) is 38.5 Å². The third-order valence-corrected chi connectivity index (χ3v) is 7.96. The fourth-order valence-corrected chi connectivity index (χ4v) is 5.56. The maximum atomic E-state index is 14.0. The first kappa shape index (κ1) is 33.2. The zero-order chi connectivity index (χ0) is 31.1. The molecule has 7 nitrogen and oxygen atoms in total. The molecule has 1 unspecified atom stereocenters. The molecule has 42 heavy (non-hydrogen) atoms. The molecule has 1 N–H and O–H groups in total. The van der Waals surface area contributed by atoms with Crippen LogP contribution in [0.15, 0.2) is 72.8 Å². The van der Waals surface area contributed by atoms with Crippen molar-refractivity contribution in [3.05, 3.63) is 99.5 Å². The molecule has 2 amide bonds. The number of halogens is 5. The first-order chi connectivity index (χ1) is 19.7. The summed E-state index contributed by atoms with van der Waals surface area (Å²) in [6.07, 6.45) is -3.31. The van der Waals surface area contributed by atoms with E-state index in [2.05, 4.69) is 5.32 Å². The van der Waals surface area contributed by atoms with Crippen LogP contribution in [0.3, 0.4) is 0 Å². The lowest BCUT2D eigenvalue weighted by atomic mass is 10.0. The average molecular weight is 645 g/mol. The zero-order valence-corrected chi connectivity index (χ0v) is 25.2. The Morgan fingerprint density at radius 3 is 2.21 bits per heavy atom. The fraction of sp³-hybridized carbons (Fsp3) is 0.310. The third kappa shape index (κ3) is 9.11. The minimum absolute atomic E-state index is 0.0892. The lowest BCUT2D eigenvalue weighted by Crippen LogP contribution is -2.53. The standard InChI is InChI=1S/C29H30Cl2F3N3O4S/c1-3-14-35-28(39)26(16-20-8-5-4-6-9-20)36(18-21-10-7-11-23(30)15-21)27(38)19-37(42(2,40)41)25-17-22(29(32,33)34)12-13-24(25)31/h4-13,15,17,26H,3,14,16,18-19H2,1-2H3,(H,35,39). The normalized spacial score (nSPS) is 12.5. The second kappa shape index (κ2) is 14.3. The van der Waals surface area contributed by atoms with Gasteiger partial charge in [-0.3, -0.25) is 13.9 Å². The molecule has 3 aromatic carbocycles. The molecule has 0 aliphatic rings. The Labute approximate surface area is 253 Å². The summed E-state index contributed by atoms with van der Waals surface area (Å²) in [5.41, 5.74) is -0.362. The molecule has 0 saturated heterocycles. The molecular formula is C29H30Cl2F3N3O4S. The highest BCUT2D eigenvalue weighted by atomic mass is 35.5. The Hall–Kier alpha value is -3.28. The molecular weight excluding hydrogens is 614 g/mol. The quantitative estimate of drug-likeness (QED) is 0.264. The van der Waals surface area contributed by atoms with Gasteiger partial charge in [-0.15, -0.1) is 0 Å². The Morgan fingerprint density at radius 1 is 0.952 bits per heavy atom. The van der Waals surface area contributed by atoms with Crippen molar-refractivity contribution in [2.75, 3.05) is 23.7 Å². The van der Waals surface area contributed by atoms with Crippen molar-refractivity contribution in [1.82, 2.24) is 10.2 Å². The highest BCUT2D eigenvalue weighted by molar-refractivity contribution is 7.92. The lowest BCUT2D eigenvalue weighted by molar-refractivity contribution is -0.140. The summed E-state index contributed by atoms with van der Waals surface area (Å²) in [5.74, 6) is -1.31. The Balaban J connectivity index is 2.10. The smallest absolute Gasteiger partial charge is 0.354 e. The van der Waals surface area contributed by atoms with Crippen LogP contribution in [0.2, 0.25) is 10.0 Å². The van der Waals surface area contributed by atoms with Crippen LogP contribution in [0.1, 0.15) is 30.0 Å². The summed E-state index contributed by atoms with van der Waals surface area (Å²) in [4.78, 5) is 28.7. The van der Waals surface area contributed by atoms with Gasteiger partial charge in [0.05, 0.1) is 22.5 Å². The van der Waals surface area contributed by atoms with E-state index < -0.39 is 51.9 Å². The molecule has 1 atom stereocenters. The molecule has 3 rings (SSSR count). The topological polar surface area (TPSA) is 86.8 Å². The van der Waals surface area contributed by atoms with Gasteiger partial charge in [0.25, 0.3) is 0 Å². The molecule has 0 saturated carbocycles. The first-order valence-corrected chi connectivity index (χ1v) is 15.5. The van der Waals surface area contributed by atoms with Crippen LogP contribution < -0.4 is 9.62 Å². The molecule has 13 heteroatoms. The van der Waals surface area contributed by atoms with Gasteiger partial charge < -0.3 is 10.2 Å². The van der Waals surface area contributed by atoms with Crippen LogP contribution in [0.25, 0.3) is 0 Å². The minimum atomic E-state index is -4.79. The summed E-state index contributed by atoms with van der Waals surface area (Å²) in [5, 5.41) is 2.87. The third-order valence-electron chi connectivity index (χ3n) is 6.28. The SMILES string of the molecule is CCCNC(=O)C(Cc1ccccc1)N(Cc1cccc(Cl)c1)C(=O)CN(c1cc(C(F)(F)F)ccc1Cl)S(C)(=O)=O.